The number of hydrogen-bond donors (Lipinski definition) is 1. The number of nitrogens with zero attached hydrogens (tertiary/aromatic N) is 2. The lowest BCUT2D eigenvalue weighted by Crippen LogP contribution is -2.18. The first-order valence-electron chi connectivity index (χ1n) is 4.64. The van der Waals surface area contributed by atoms with Crippen LogP contribution in [0.4, 0.5) is 11.4 Å². The first-order chi connectivity index (χ1) is 8.39. The van der Waals surface area contributed by atoms with Crippen molar-refractivity contribution in [2.75, 3.05) is 16.4 Å². The Hall–Kier alpha value is -1.85. The van der Waals surface area contributed by atoms with Gasteiger partial charge in [0.1, 0.15) is 6.07 Å². The average molecular weight is 290 g/mol. The number of benzene rings is 1. The fourth-order valence-electron chi connectivity index (χ4n) is 1.15. The van der Waals surface area contributed by atoms with Crippen molar-refractivity contribution in [3.05, 3.63) is 33.9 Å². The lowest BCUT2D eigenvalue weighted by molar-refractivity contribution is -0.384. The standard InChI is InChI=1S/C9H8ClN3O4S/c10-3-4-18(16,17)12-9-2-1-8(13(14)15)5-7(9)6-11/h1-2,5,12H,3-4H2. The van der Waals surface area contributed by atoms with Gasteiger partial charge in [-0.15, -0.1) is 11.6 Å². The van der Waals surface area contributed by atoms with Gasteiger partial charge in [-0.2, -0.15) is 5.26 Å². The van der Waals surface area contributed by atoms with Crippen molar-refractivity contribution >= 4 is 33.0 Å². The molecule has 1 N–H and O–H groups in total. The fourth-order valence-corrected chi connectivity index (χ4v) is 2.58. The van der Waals surface area contributed by atoms with Crippen LogP contribution >= 0.6 is 11.6 Å². The van der Waals surface area contributed by atoms with Gasteiger partial charge in [-0.25, -0.2) is 8.42 Å². The molecule has 7 nitrogen and oxygen atoms in total. The molecule has 0 unspecified atom stereocenters. The molecule has 0 aromatic heterocycles. The van der Waals surface area contributed by atoms with E-state index in [0.717, 1.165) is 12.1 Å². The van der Waals surface area contributed by atoms with Gasteiger partial charge in [0.25, 0.3) is 5.69 Å². The number of anilines is 1. The Morgan fingerprint density at radius 1 is 1.50 bits per heavy atom. The minimum absolute atomic E-state index is 0.00628. The van der Waals surface area contributed by atoms with Gasteiger partial charge in [0.15, 0.2) is 0 Å². The van der Waals surface area contributed by atoms with Crippen LogP contribution in [-0.2, 0) is 10.0 Å². The van der Waals surface area contributed by atoms with Gasteiger partial charge in [0.05, 0.1) is 21.9 Å². The van der Waals surface area contributed by atoms with Crippen molar-refractivity contribution in [1.29, 1.82) is 5.26 Å². The maximum absolute atomic E-state index is 11.4. The summed E-state index contributed by atoms with van der Waals surface area (Å²) < 4.78 is 25.0. The van der Waals surface area contributed by atoms with E-state index in [-0.39, 0.29) is 28.6 Å². The zero-order chi connectivity index (χ0) is 13.8. The number of rotatable bonds is 5. The highest BCUT2D eigenvalue weighted by Gasteiger charge is 2.15. The summed E-state index contributed by atoms with van der Waals surface area (Å²) in [5.41, 5.74) is -0.414. The molecule has 0 radical (unpaired) electrons. The first-order valence-corrected chi connectivity index (χ1v) is 6.83. The maximum atomic E-state index is 11.4. The van der Waals surface area contributed by atoms with Crippen molar-refractivity contribution in [2.45, 2.75) is 0 Å². The number of nitrogens with one attached hydrogen (secondary N) is 1. The molecule has 0 saturated carbocycles. The number of halogens is 1. The Morgan fingerprint density at radius 3 is 2.67 bits per heavy atom. The second kappa shape index (κ2) is 5.66. The quantitative estimate of drug-likeness (QED) is 0.500. The van der Waals surface area contributed by atoms with Gasteiger partial charge in [-0.3, -0.25) is 14.8 Å². The third kappa shape index (κ3) is 3.58. The van der Waals surface area contributed by atoms with E-state index in [1.165, 1.54) is 6.07 Å². The van der Waals surface area contributed by atoms with E-state index in [9.17, 15) is 18.5 Å². The number of nitriles is 1. The third-order valence-electron chi connectivity index (χ3n) is 1.95. The molecule has 0 atom stereocenters. The van der Waals surface area contributed by atoms with Gasteiger partial charge >= 0.3 is 0 Å². The van der Waals surface area contributed by atoms with E-state index in [0.29, 0.717) is 0 Å². The second-order valence-electron chi connectivity index (χ2n) is 3.21. The van der Waals surface area contributed by atoms with Crippen molar-refractivity contribution in [2.24, 2.45) is 0 Å². The van der Waals surface area contributed by atoms with Crippen molar-refractivity contribution < 1.29 is 13.3 Å². The topological polar surface area (TPSA) is 113 Å². The molecule has 0 aliphatic rings. The van der Waals surface area contributed by atoms with Crippen LogP contribution in [0.25, 0.3) is 0 Å². The van der Waals surface area contributed by atoms with Gasteiger partial charge < -0.3 is 0 Å². The molecule has 96 valence electrons. The second-order valence-corrected chi connectivity index (χ2v) is 5.43. The third-order valence-corrected chi connectivity index (χ3v) is 3.63. The molecule has 0 fully saturated rings. The van der Waals surface area contributed by atoms with Crippen LogP contribution in [0.15, 0.2) is 18.2 Å². The number of sulfonamides is 1. The molecule has 1 aromatic rings. The van der Waals surface area contributed by atoms with E-state index < -0.39 is 14.9 Å². The summed E-state index contributed by atoms with van der Waals surface area (Å²) in [5.74, 6) is -0.402. The molecule has 0 spiro atoms. The Bertz CT molecular complexity index is 609. The zero-order valence-corrected chi connectivity index (χ0v) is 10.5. The van der Waals surface area contributed by atoms with Crippen molar-refractivity contribution in [3.63, 3.8) is 0 Å². The number of alkyl halides is 1. The van der Waals surface area contributed by atoms with Crippen LogP contribution in [0.2, 0.25) is 0 Å². The molecule has 9 heteroatoms. The van der Waals surface area contributed by atoms with Gasteiger partial charge in [-0.1, -0.05) is 0 Å². The summed E-state index contributed by atoms with van der Waals surface area (Å²) in [7, 11) is -3.65. The molecule has 0 aliphatic carbocycles. The molecular formula is C9H8ClN3O4S. The van der Waals surface area contributed by atoms with E-state index >= 15 is 0 Å². The Kier molecular flexibility index (Phi) is 4.47. The van der Waals surface area contributed by atoms with Crippen molar-refractivity contribution in [1.82, 2.24) is 0 Å². The van der Waals surface area contributed by atoms with E-state index in [4.69, 9.17) is 16.9 Å². The normalized spacial score (nSPS) is 10.7. The molecule has 0 saturated heterocycles. The van der Waals surface area contributed by atoms with E-state index in [1.807, 2.05) is 0 Å². The van der Waals surface area contributed by atoms with Crippen molar-refractivity contribution in [3.8, 4) is 6.07 Å². The first kappa shape index (κ1) is 14.2. The van der Waals surface area contributed by atoms with Crippen LogP contribution in [0.3, 0.4) is 0 Å². The molecule has 18 heavy (non-hydrogen) atoms. The van der Waals surface area contributed by atoms with Crippen LogP contribution in [0.5, 0.6) is 0 Å². The molecular weight excluding hydrogens is 282 g/mol. The summed E-state index contributed by atoms with van der Waals surface area (Å²) in [6.45, 7) is 0. The fraction of sp³-hybridized carbons (Fsp3) is 0.222. The highest BCUT2D eigenvalue weighted by Crippen LogP contribution is 2.22. The van der Waals surface area contributed by atoms with Crippen LogP contribution in [0.1, 0.15) is 5.56 Å². The lowest BCUT2D eigenvalue weighted by atomic mass is 10.2. The molecule has 0 heterocycles. The minimum Gasteiger partial charge on any atom is -0.282 e. The maximum Gasteiger partial charge on any atom is 0.270 e. The molecule has 1 aromatic carbocycles. The minimum atomic E-state index is -3.65. The molecule has 0 aliphatic heterocycles. The van der Waals surface area contributed by atoms with Crippen LogP contribution < -0.4 is 4.72 Å². The summed E-state index contributed by atoms with van der Waals surface area (Å²) in [6, 6.07) is 4.97. The number of non-ortho nitro benzene ring substituents is 1. The lowest BCUT2D eigenvalue weighted by Gasteiger charge is -2.07. The summed E-state index contributed by atoms with van der Waals surface area (Å²) in [6.07, 6.45) is 0. The van der Waals surface area contributed by atoms with Gasteiger partial charge in [0, 0.05) is 18.0 Å². The summed E-state index contributed by atoms with van der Waals surface area (Å²) in [4.78, 5) is 9.84. The number of hydrogen-bond acceptors (Lipinski definition) is 5. The highest BCUT2D eigenvalue weighted by atomic mass is 35.5. The van der Waals surface area contributed by atoms with Gasteiger partial charge in [-0.05, 0) is 6.07 Å². The monoisotopic (exact) mass is 289 g/mol. The van der Waals surface area contributed by atoms with E-state index in [1.54, 1.807) is 6.07 Å². The summed E-state index contributed by atoms with van der Waals surface area (Å²) >= 11 is 5.32. The zero-order valence-electron chi connectivity index (χ0n) is 8.96. The predicted octanol–water partition coefficient (Wildman–Crippen LogP) is 1.45. The average Bonchev–Trinajstić information content (AvgIpc) is 2.28. The molecule has 1 rings (SSSR count). The Balaban J connectivity index is 3.12. The molecule has 0 amide bonds. The SMILES string of the molecule is N#Cc1cc([N+](=O)[O-])ccc1NS(=O)(=O)CCCl. The predicted molar refractivity (Wildman–Crippen MR) is 65.9 cm³/mol. The summed E-state index contributed by atoms with van der Waals surface area (Å²) in [5, 5.41) is 19.3. The number of nitro benzene ring substituents is 1. The highest BCUT2D eigenvalue weighted by molar-refractivity contribution is 7.92. The van der Waals surface area contributed by atoms with Crippen LogP contribution in [0, 0.1) is 21.4 Å². The van der Waals surface area contributed by atoms with Crippen LogP contribution in [-0.4, -0.2) is 25.0 Å². The number of nitro groups is 1. The largest absolute Gasteiger partial charge is 0.282 e. The molecule has 0 bridgehead atoms. The Morgan fingerprint density at radius 2 is 2.17 bits per heavy atom. The van der Waals surface area contributed by atoms with E-state index in [2.05, 4.69) is 4.72 Å². The Labute approximate surface area is 108 Å². The smallest absolute Gasteiger partial charge is 0.270 e. The van der Waals surface area contributed by atoms with Gasteiger partial charge in [0.2, 0.25) is 10.0 Å².